The monoisotopic (exact) mass is 251 g/mol. The minimum absolute atomic E-state index is 0.0188. The fourth-order valence-corrected chi connectivity index (χ4v) is 1.62. The van der Waals surface area contributed by atoms with Gasteiger partial charge in [0.1, 0.15) is 19.0 Å². The summed E-state index contributed by atoms with van der Waals surface area (Å²) in [6, 6.07) is 7.88. The molecule has 0 aromatic heterocycles. The third-order valence-electron chi connectivity index (χ3n) is 2.52. The molecule has 0 aliphatic rings. The standard InChI is InChI=1S/C14H21NO3/c1-14(2,3)11-6-4-5-7-12(11)18-9-8-15-13(17)10-16/h4-7,16H,8-10H2,1-3H3,(H,15,17). The second kappa shape index (κ2) is 6.40. The fourth-order valence-electron chi connectivity index (χ4n) is 1.62. The molecule has 100 valence electrons. The van der Waals surface area contributed by atoms with Crippen LogP contribution in [0.25, 0.3) is 0 Å². The number of amides is 1. The molecule has 1 aromatic rings. The zero-order chi connectivity index (χ0) is 13.6. The van der Waals surface area contributed by atoms with Crippen LogP contribution < -0.4 is 10.1 Å². The summed E-state index contributed by atoms with van der Waals surface area (Å²) in [5, 5.41) is 11.1. The lowest BCUT2D eigenvalue weighted by Gasteiger charge is -2.22. The molecule has 0 saturated carbocycles. The van der Waals surface area contributed by atoms with Gasteiger partial charge in [-0.3, -0.25) is 4.79 Å². The predicted octanol–water partition coefficient (Wildman–Crippen LogP) is 1.47. The van der Waals surface area contributed by atoms with Gasteiger partial charge in [-0.05, 0) is 17.0 Å². The molecule has 2 N–H and O–H groups in total. The molecule has 0 spiro atoms. The molecular weight excluding hydrogens is 230 g/mol. The molecule has 18 heavy (non-hydrogen) atoms. The van der Waals surface area contributed by atoms with E-state index in [4.69, 9.17) is 9.84 Å². The average Bonchev–Trinajstić information content (AvgIpc) is 2.33. The maximum absolute atomic E-state index is 10.8. The summed E-state index contributed by atoms with van der Waals surface area (Å²) in [5.74, 6) is 0.450. The Bertz CT molecular complexity index is 396. The van der Waals surface area contributed by atoms with Crippen molar-refractivity contribution in [3.63, 3.8) is 0 Å². The average molecular weight is 251 g/mol. The van der Waals surface area contributed by atoms with E-state index >= 15 is 0 Å². The van der Waals surface area contributed by atoms with E-state index in [9.17, 15) is 4.79 Å². The van der Waals surface area contributed by atoms with Crippen LogP contribution in [0.15, 0.2) is 24.3 Å². The van der Waals surface area contributed by atoms with E-state index in [1.807, 2.05) is 24.3 Å². The van der Waals surface area contributed by atoms with E-state index in [0.29, 0.717) is 13.2 Å². The first kappa shape index (κ1) is 14.5. The number of aliphatic hydroxyl groups is 1. The Morgan fingerprint density at radius 1 is 1.33 bits per heavy atom. The number of hydrogen-bond donors (Lipinski definition) is 2. The predicted molar refractivity (Wildman–Crippen MR) is 70.7 cm³/mol. The molecule has 0 unspecified atom stereocenters. The number of rotatable bonds is 5. The number of aliphatic hydroxyl groups excluding tert-OH is 1. The van der Waals surface area contributed by atoms with Crippen molar-refractivity contribution in [1.82, 2.24) is 5.32 Å². The normalized spacial score (nSPS) is 11.1. The van der Waals surface area contributed by atoms with Crippen molar-refractivity contribution in [2.45, 2.75) is 26.2 Å². The largest absolute Gasteiger partial charge is 0.491 e. The Balaban J connectivity index is 2.55. The first-order valence-electron chi connectivity index (χ1n) is 6.05. The second-order valence-electron chi connectivity index (χ2n) is 5.10. The highest BCUT2D eigenvalue weighted by atomic mass is 16.5. The third-order valence-corrected chi connectivity index (χ3v) is 2.52. The Labute approximate surface area is 108 Å². The van der Waals surface area contributed by atoms with Gasteiger partial charge in [0, 0.05) is 0 Å². The Morgan fingerprint density at radius 2 is 2.00 bits per heavy atom. The van der Waals surface area contributed by atoms with Crippen LogP contribution in [0.1, 0.15) is 26.3 Å². The van der Waals surface area contributed by atoms with Gasteiger partial charge in [0.15, 0.2) is 0 Å². The van der Waals surface area contributed by atoms with Gasteiger partial charge in [-0.15, -0.1) is 0 Å². The van der Waals surface area contributed by atoms with Gasteiger partial charge in [0.05, 0.1) is 6.54 Å². The zero-order valence-corrected chi connectivity index (χ0v) is 11.2. The van der Waals surface area contributed by atoms with Gasteiger partial charge in [0.2, 0.25) is 5.91 Å². The molecule has 0 radical (unpaired) electrons. The summed E-state index contributed by atoms with van der Waals surface area (Å²) >= 11 is 0. The van der Waals surface area contributed by atoms with Gasteiger partial charge in [-0.25, -0.2) is 0 Å². The molecule has 4 nitrogen and oxygen atoms in total. The topological polar surface area (TPSA) is 58.6 Å². The number of benzene rings is 1. The van der Waals surface area contributed by atoms with E-state index in [1.54, 1.807) is 0 Å². The summed E-state index contributed by atoms with van der Waals surface area (Å²) in [6.07, 6.45) is 0. The number of para-hydroxylation sites is 1. The SMILES string of the molecule is CC(C)(C)c1ccccc1OCCNC(=O)CO. The van der Waals surface area contributed by atoms with Gasteiger partial charge < -0.3 is 15.2 Å². The highest BCUT2D eigenvalue weighted by Gasteiger charge is 2.18. The third kappa shape index (κ3) is 4.37. The van der Waals surface area contributed by atoms with Gasteiger partial charge >= 0.3 is 0 Å². The van der Waals surface area contributed by atoms with Gasteiger partial charge in [-0.1, -0.05) is 39.0 Å². The van der Waals surface area contributed by atoms with Crippen molar-refractivity contribution in [2.75, 3.05) is 19.8 Å². The molecule has 1 rings (SSSR count). The molecule has 1 amide bonds. The number of carbonyl (C=O) groups excluding carboxylic acids is 1. The van der Waals surface area contributed by atoms with Crippen LogP contribution in [-0.2, 0) is 10.2 Å². The number of hydrogen-bond acceptors (Lipinski definition) is 3. The molecule has 0 fully saturated rings. The van der Waals surface area contributed by atoms with Crippen LogP contribution in [-0.4, -0.2) is 30.8 Å². The number of ether oxygens (including phenoxy) is 1. The maximum Gasteiger partial charge on any atom is 0.245 e. The van der Waals surface area contributed by atoms with Crippen LogP contribution in [0.3, 0.4) is 0 Å². The van der Waals surface area contributed by atoms with Gasteiger partial charge in [-0.2, -0.15) is 0 Å². The lowest BCUT2D eigenvalue weighted by Crippen LogP contribution is -2.30. The number of nitrogens with one attached hydrogen (secondary N) is 1. The lowest BCUT2D eigenvalue weighted by molar-refractivity contribution is -0.123. The van der Waals surface area contributed by atoms with Crippen LogP contribution in [0, 0.1) is 0 Å². The van der Waals surface area contributed by atoms with Crippen molar-refractivity contribution in [3.05, 3.63) is 29.8 Å². The summed E-state index contributed by atoms with van der Waals surface area (Å²) in [6.45, 7) is 6.67. The summed E-state index contributed by atoms with van der Waals surface area (Å²) in [4.78, 5) is 10.8. The highest BCUT2D eigenvalue weighted by Crippen LogP contribution is 2.30. The van der Waals surface area contributed by atoms with E-state index in [1.165, 1.54) is 0 Å². The van der Waals surface area contributed by atoms with E-state index < -0.39 is 6.61 Å². The first-order valence-corrected chi connectivity index (χ1v) is 6.05. The first-order chi connectivity index (χ1) is 8.45. The molecule has 0 aliphatic carbocycles. The number of carbonyl (C=O) groups is 1. The van der Waals surface area contributed by atoms with E-state index in [2.05, 4.69) is 26.1 Å². The van der Waals surface area contributed by atoms with Crippen LogP contribution in [0.4, 0.5) is 0 Å². The van der Waals surface area contributed by atoms with E-state index in [0.717, 1.165) is 11.3 Å². The van der Waals surface area contributed by atoms with Crippen molar-refractivity contribution in [3.8, 4) is 5.75 Å². The molecule has 0 heterocycles. The van der Waals surface area contributed by atoms with E-state index in [-0.39, 0.29) is 11.3 Å². The van der Waals surface area contributed by atoms with Crippen LogP contribution in [0.2, 0.25) is 0 Å². The summed E-state index contributed by atoms with van der Waals surface area (Å²) in [5.41, 5.74) is 1.16. The minimum Gasteiger partial charge on any atom is -0.491 e. The quantitative estimate of drug-likeness (QED) is 0.779. The smallest absolute Gasteiger partial charge is 0.245 e. The zero-order valence-electron chi connectivity index (χ0n) is 11.2. The minimum atomic E-state index is -0.488. The summed E-state index contributed by atoms with van der Waals surface area (Å²) < 4.78 is 5.66. The van der Waals surface area contributed by atoms with Crippen molar-refractivity contribution >= 4 is 5.91 Å². The highest BCUT2D eigenvalue weighted by molar-refractivity contribution is 5.76. The molecule has 0 atom stereocenters. The molecule has 0 saturated heterocycles. The van der Waals surface area contributed by atoms with Crippen molar-refractivity contribution in [1.29, 1.82) is 0 Å². The lowest BCUT2D eigenvalue weighted by atomic mass is 9.86. The Hall–Kier alpha value is -1.55. The molecule has 1 aromatic carbocycles. The van der Waals surface area contributed by atoms with Crippen molar-refractivity contribution < 1.29 is 14.6 Å². The maximum atomic E-state index is 10.8. The Kier molecular flexibility index (Phi) is 5.16. The Morgan fingerprint density at radius 3 is 2.61 bits per heavy atom. The van der Waals surface area contributed by atoms with Gasteiger partial charge in [0.25, 0.3) is 0 Å². The van der Waals surface area contributed by atoms with Crippen molar-refractivity contribution in [2.24, 2.45) is 0 Å². The molecular formula is C14H21NO3. The summed E-state index contributed by atoms with van der Waals surface area (Å²) in [7, 11) is 0. The molecule has 4 heteroatoms. The fraction of sp³-hybridized carbons (Fsp3) is 0.500. The second-order valence-corrected chi connectivity index (χ2v) is 5.10. The van der Waals surface area contributed by atoms with Crippen LogP contribution in [0.5, 0.6) is 5.75 Å². The molecule has 0 aliphatic heterocycles. The van der Waals surface area contributed by atoms with Crippen LogP contribution >= 0.6 is 0 Å². The molecule has 0 bridgehead atoms.